The van der Waals surface area contributed by atoms with Crippen LogP contribution in [0.25, 0.3) is 5.65 Å². The van der Waals surface area contributed by atoms with Crippen LogP contribution in [0.1, 0.15) is 16.8 Å². The molecule has 3 aromatic rings. The Morgan fingerprint density at radius 1 is 1.24 bits per heavy atom. The number of carbonyl (C=O) groups is 1. The quantitative estimate of drug-likeness (QED) is 0.793. The number of aromatic nitrogens is 2. The molecule has 0 radical (unpaired) electrons. The number of aryl methyl sites for hydroxylation is 1. The highest BCUT2D eigenvalue weighted by Crippen LogP contribution is 2.30. The Balaban J connectivity index is 1.39. The number of nitrogens with zero attached hydrogens (tertiary/aromatic N) is 2. The fourth-order valence-electron chi connectivity index (χ4n) is 2.91. The second kappa shape index (κ2) is 6.47. The van der Waals surface area contributed by atoms with E-state index in [0.29, 0.717) is 19.8 Å². The van der Waals surface area contributed by atoms with Gasteiger partial charge < -0.3 is 19.2 Å². The van der Waals surface area contributed by atoms with Crippen LogP contribution in [-0.4, -0.2) is 28.5 Å². The van der Waals surface area contributed by atoms with Crippen LogP contribution in [0.5, 0.6) is 11.5 Å². The van der Waals surface area contributed by atoms with E-state index in [1.54, 1.807) is 0 Å². The van der Waals surface area contributed by atoms with Gasteiger partial charge in [-0.05, 0) is 36.2 Å². The fourth-order valence-corrected chi connectivity index (χ4v) is 2.91. The predicted molar refractivity (Wildman–Crippen MR) is 92.9 cm³/mol. The van der Waals surface area contributed by atoms with Crippen molar-refractivity contribution in [1.29, 1.82) is 0 Å². The molecular weight excluding hydrogens is 318 g/mol. The number of amides is 1. The van der Waals surface area contributed by atoms with Crippen molar-refractivity contribution in [3.63, 3.8) is 0 Å². The van der Waals surface area contributed by atoms with Gasteiger partial charge in [-0.2, -0.15) is 0 Å². The molecule has 0 unspecified atom stereocenters. The van der Waals surface area contributed by atoms with Crippen LogP contribution in [0, 0.1) is 6.92 Å². The molecule has 1 aliphatic heterocycles. The number of carbonyl (C=O) groups excluding carboxylic acids is 1. The number of fused-ring (bicyclic) bond motifs is 2. The summed E-state index contributed by atoms with van der Waals surface area (Å²) in [5.74, 6) is 1.42. The molecule has 0 saturated heterocycles. The number of ether oxygens (including phenoxy) is 2. The SMILES string of the molecule is Cc1cccn2cc(CC(=O)NCc3ccc4c(c3)OCCO4)nc12. The average Bonchev–Trinajstić information content (AvgIpc) is 3.03. The number of imidazole rings is 1. The van der Waals surface area contributed by atoms with E-state index in [9.17, 15) is 4.79 Å². The van der Waals surface area contributed by atoms with E-state index < -0.39 is 0 Å². The normalized spacial score (nSPS) is 13.0. The number of rotatable bonds is 4. The molecule has 1 N–H and O–H groups in total. The fraction of sp³-hybridized carbons (Fsp3) is 0.263. The Hall–Kier alpha value is -3.02. The van der Waals surface area contributed by atoms with Gasteiger partial charge in [0, 0.05) is 18.9 Å². The Morgan fingerprint density at radius 3 is 2.92 bits per heavy atom. The largest absolute Gasteiger partial charge is 0.486 e. The zero-order valence-corrected chi connectivity index (χ0v) is 14.0. The maximum absolute atomic E-state index is 12.2. The second-order valence-electron chi connectivity index (χ2n) is 6.09. The molecule has 0 saturated carbocycles. The molecule has 0 aliphatic carbocycles. The summed E-state index contributed by atoms with van der Waals surface area (Å²) in [4.78, 5) is 16.8. The van der Waals surface area contributed by atoms with E-state index in [0.717, 1.165) is 34.0 Å². The molecule has 1 amide bonds. The summed E-state index contributed by atoms with van der Waals surface area (Å²) in [5, 5.41) is 2.93. The molecule has 2 aromatic heterocycles. The van der Waals surface area contributed by atoms with Gasteiger partial charge in [0.2, 0.25) is 5.91 Å². The van der Waals surface area contributed by atoms with Gasteiger partial charge >= 0.3 is 0 Å². The number of nitrogens with one attached hydrogen (secondary N) is 1. The third-order valence-corrected chi connectivity index (χ3v) is 4.17. The lowest BCUT2D eigenvalue weighted by Gasteiger charge is -2.18. The van der Waals surface area contributed by atoms with Crippen LogP contribution >= 0.6 is 0 Å². The zero-order valence-electron chi connectivity index (χ0n) is 14.0. The van der Waals surface area contributed by atoms with Gasteiger partial charge in [-0.15, -0.1) is 0 Å². The van der Waals surface area contributed by atoms with Crippen molar-refractivity contribution < 1.29 is 14.3 Å². The highest BCUT2D eigenvalue weighted by atomic mass is 16.6. The van der Waals surface area contributed by atoms with Gasteiger partial charge in [-0.3, -0.25) is 4.79 Å². The zero-order chi connectivity index (χ0) is 17.2. The maximum Gasteiger partial charge on any atom is 0.226 e. The lowest BCUT2D eigenvalue weighted by Crippen LogP contribution is -2.25. The summed E-state index contributed by atoms with van der Waals surface area (Å²) in [6.07, 6.45) is 4.09. The molecule has 4 rings (SSSR count). The van der Waals surface area contributed by atoms with E-state index in [2.05, 4.69) is 10.3 Å². The third kappa shape index (κ3) is 3.28. The molecule has 6 heteroatoms. The molecule has 6 nitrogen and oxygen atoms in total. The van der Waals surface area contributed by atoms with Crippen molar-refractivity contribution in [2.45, 2.75) is 19.9 Å². The summed E-state index contributed by atoms with van der Waals surface area (Å²) in [7, 11) is 0. The summed E-state index contributed by atoms with van der Waals surface area (Å²) < 4.78 is 13.0. The molecule has 0 fully saturated rings. The minimum Gasteiger partial charge on any atom is -0.486 e. The first-order valence-corrected chi connectivity index (χ1v) is 8.27. The van der Waals surface area contributed by atoms with Crippen LogP contribution in [0.4, 0.5) is 0 Å². The summed E-state index contributed by atoms with van der Waals surface area (Å²) in [5.41, 5.74) is 3.71. The van der Waals surface area contributed by atoms with Crippen LogP contribution in [0.15, 0.2) is 42.7 Å². The van der Waals surface area contributed by atoms with Crippen LogP contribution in [-0.2, 0) is 17.8 Å². The van der Waals surface area contributed by atoms with E-state index in [4.69, 9.17) is 9.47 Å². The minimum absolute atomic E-state index is 0.0593. The van der Waals surface area contributed by atoms with Gasteiger partial charge in [0.1, 0.15) is 18.9 Å². The molecule has 1 aliphatic rings. The molecule has 1 aromatic carbocycles. The number of pyridine rings is 1. The average molecular weight is 337 g/mol. The summed E-state index contributed by atoms with van der Waals surface area (Å²) in [6.45, 7) is 3.58. The Labute approximate surface area is 145 Å². The molecule has 0 bridgehead atoms. The monoisotopic (exact) mass is 337 g/mol. The second-order valence-corrected chi connectivity index (χ2v) is 6.09. The van der Waals surface area contributed by atoms with Crippen LogP contribution < -0.4 is 14.8 Å². The standard InChI is InChI=1S/C19H19N3O3/c1-13-3-2-6-22-12-15(21-19(13)22)10-18(23)20-11-14-4-5-16-17(9-14)25-8-7-24-16/h2-6,9,12H,7-8,10-11H2,1H3,(H,20,23). The Kier molecular flexibility index (Phi) is 4.01. The first-order valence-electron chi connectivity index (χ1n) is 8.27. The van der Waals surface area contributed by atoms with E-state index in [-0.39, 0.29) is 12.3 Å². The topological polar surface area (TPSA) is 64.9 Å². The predicted octanol–water partition coefficient (Wildman–Crippen LogP) is 2.27. The van der Waals surface area contributed by atoms with Gasteiger partial charge in [0.05, 0.1) is 12.1 Å². The highest BCUT2D eigenvalue weighted by molar-refractivity contribution is 5.78. The van der Waals surface area contributed by atoms with E-state index in [1.165, 1.54) is 0 Å². The first-order chi connectivity index (χ1) is 12.2. The number of hydrogen-bond acceptors (Lipinski definition) is 4. The molecule has 128 valence electrons. The third-order valence-electron chi connectivity index (χ3n) is 4.17. The summed E-state index contributed by atoms with van der Waals surface area (Å²) in [6, 6.07) is 9.69. The minimum atomic E-state index is -0.0593. The first kappa shape index (κ1) is 15.5. The van der Waals surface area contributed by atoms with E-state index >= 15 is 0 Å². The van der Waals surface area contributed by atoms with Crippen molar-refractivity contribution in [3.05, 3.63) is 59.5 Å². The lowest BCUT2D eigenvalue weighted by molar-refractivity contribution is -0.120. The van der Waals surface area contributed by atoms with Crippen LogP contribution in [0.2, 0.25) is 0 Å². The van der Waals surface area contributed by atoms with Gasteiger partial charge in [-0.25, -0.2) is 4.98 Å². The van der Waals surface area contributed by atoms with Crippen molar-refractivity contribution in [3.8, 4) is 11.5 Å². The van der Waals surface area contributed by atoms with Crippen molar-refractivity contribution in [2.75, 3.05) is 13.2 Å². The highest BCUT2D eigenvalue weighted by Gasteiger charge is 2.13. The molecule has 25 heavy (non-hydrogen) atoms. The number of hydrogen-bond donors (Lipinski definition) is 1. The summed E-state index contributed by atoms with van der Waals surface area (Å²) >= 11 is 0. The lowest BCUT2D eigenvalue weighted by atomic mass is 10.2. The molecule has 0 atom stereocenters. The van der Waals surface area contributed by atoms with Crippen molar-refractivity contribution in [2.24, 2.45) is 0 Å². The molecule has 0 spiro atoms. The van der Waals surface area contributed by atoms with Crippen molar-refractivity contribution >= 4 is 11.6 Å². The Bertz CT molecular complexity index is 933. The van der Waals surface area contributed by atoms with Gasteiger partial charge in [0.15, 0.2) is 11.5 Å². The maximum atomic E-state index is 12.2. The Morgan fingerprint density at radius 2 is 2.08 bits per heavy atom. The van der Waals surface area contributed by atoms with Crippen molar-refractivity contribution in [1.82, 2.24) is 14.7 Å². The molecular formula is C19H19N3O3. The number of benzene rings is 1. The smallest absolute Gasteiger partial charge is 0.226 e. The van der Waals surface area contributed by atoms with Gasteiger partial charge in [-0.1, -0.05) is 12.1 Å². The van der Waals surface area contributed by atoms with E-state index in [1.807, 2.05) is 54.0 Å². The van der Waals surface area contributed by atoms with Gasteiger partial charge in [0.25, 0.3) is 0 Å². The van der Waals surface area contributed by atoms with Crippen LogP contribution in [0.3, 0.4) is 0 Å². The molecule has 3 heterocycles.